The van der Waals surface area contributed by atoms with Gasteiger partial charge in [0.2, 0.25) is 5.89 Å². The lowest BCUT2D eigenvalue weighted by molar-refractivity contribution is 0.395. The third kappa shape index (κ3) is 2.47. The maximum Gasteiger partial charge on any atom is 0.277 e. The minimum absolute atomic E-state index is 0.0502. The number of sulfonamides is 1. The average Bonchev–Trinajstić information content (AvgIpc) is 2.72. The molecule has 0 aliphatic carbocycles. The standard InChI is InChI=1S/C9H11N3O3S2/c1-5-4-8(6(2)16-5)17(13,14)12-9-10-7(3)15-11-9/h4H,1-3H3,(H,11,12). The number of aryl methyl sites for hydroxylation is 3. The second kappa shape index (κ2) is 4.11. The highest BCUT2D eigenvalue weighted by molar-refractivity contribution is 7.92. The van der Waals surface area contributed by atoms with E-state index in [1.165, 1.54) is 11.3 Å². The van der Waals surface area contributed by atoms with Crippen LogP contribution in [0.1, 0.15) is 15.6 Å². The maximum absolute atomic E-state index is 12.0. The summed E-state index contributed by atoms with van der Waals surface area (Å²) in [5, 5.41) is 3.49. The quantitative estimate of drug-likeness (QED) is 0.922. The Morgan fingerprint density at radius 1 is 1.35 bits per heavy atom. The Morgan fingerprint density at radius 2 is 2.06 bits per heavy atom. The van der Waals surface area contributed by atoms with E-state index in [4.69, 9.17) is 4.52 Å². The molecule has 0 aliphatic heterocycles. The van der Waals surface area contributed by atoms with E-state index in [0.717, 1.165) is 9.75 Å². The van der Waals surface area contributed by atoms with E-state index in [1.54, 1.807) is 19.9 Å². The molecule has 0 atom stereocenters. The predicted molar refractivity (Wildman–Crippen MR) is 63.6 cm³/mol. The van der Waals surface area contributed by atoms with Crippen molar-refractivity contribution in [3.8, 4) is 0 Å². The number of nitrogens with one attached hydrogen (secondary N) is 1. The van der Waals surface area contributed by atoms with Gasteiger partial charge in [-0.3, -0.25) is 0 Å². The van der Waals surface area contributed by atoms with Crippen LogP contribution in [0.5, 0.6) is 0 Å². The number of hydrogen-bond acceptors (Lipinski definition) is 6. The van der Waals surface area contributed by atoms with Gasteiger partial charge in [0.25, 0.3) is 16.0 Å². The zero-order valence-corrected chi connectivity index (χ0v) is 11.1. The van der Waals surface area contributed by atoms with Crippen LogP contribution >= 0.6 is 11.3 Å². The van der Waals surface area contributed by atoms with Crippen LogP contribution in [0.15, 0.2) is 15.5 Å². The van der Waals surface area contributed by atoms with E-state index in [-0.39, 0.29) is 10.8 Å². The largest absolute Gasteiger partial charge is 0.338 e. The lowest BCUT2D eigenvalue weighted by Gasteiger charge is -2.02. The van der Waals surface area contributed by atoms with Gasteiger partial charge in [-0.2, -0.15) is 4.98 Å². The fraction of sp³-hybridized carbons (Fsp3) is 0.333. The highest BCUT2D eigenvalue weighted by Crippen LogP contribution is 2.26. The maximum atomic E-state index is 12.0. The minimum Gasteiger partial charge on any atom is -0.338 e. The van der Waals surface area contributed by atoms with E-state index in [9.17, 15) is 8.42 Å². The Morgan fingerprint density at radius 3 is 2.53 bits per heavy atom. The lowest BCUT2D eigenvalue weighted by atomic mass is 10.4. The first-order valence-corrected chi connectivity index (χ1v) is 7.08. The van der Waals surface area contributed by atoms with Crippen molar-refractivity contribution >= 4 is 27.3 Å². The Kier molecular flexibility index (Phi) is 2.92. The van der Waals surface area contributed by atoms with Crippen LogP contribution in [0.2, 0.25) is 0 Å². The van der Waals surface area contributed by atoms with Crippen molar-refractivity contribution in [2.24, 2.45) is 0 Å². The van der Waals surface area contributed by atoms with E-state index in [2.05, 4.69) is 14.9 Å². The van der Waals surface area contributed by atoms with Gasteiger partial charge in [-0.05, 0) is 25.1 Å². The Hall–Kier alpha value is -1.41. The van der Waals surface area contributed by atoms with E-state index >= 15 is 0 Å². The molecule has 0 amide bonds. The molecule has 2 aromatic heterocycles. The van der Waals surface area contributed by atoms with Crippen molar-refractivity contribution in [2.45, 2.75) is 25.7 Å². The molecule has 1 N–H and O–H groups in total. The Balaban J connectivity index is 2.34. The van der Waals surface area contributed by atoms with Crippen molar-refractivity contribution in [1.82, 2.24) is 10.1 Å². The molecular weight excluding hydrogens is 262 g/mol. The molecule has 0 bridgehead atoms. The molecular formula is C9H11N3O3S2. The molecule has 6 nitrogen and oxygen atoms in total. The summed E-state index contributed by atoms with van der Waals surface area (Å²) in [6, 6.07) is 1.62. The van der Waals surface area contributed by atoms with Crippen molar-refractivity contribution in [3.05, 3.63) is 21.7 Å². The summed E-state index contributed by atoms with van der Waals surface area (Å²) in [6.45, 7) is 5.20. The smallest absolute Gasteiger partial charge is 0.277 e. The fourth-order valence-corrected chi connectivity index (χ4v) is 3.88. The van der Waals surface area contributed by atoms with Gasteiger partial charge >= 0.3 is 0 Å². The molecule has 17 heavy (non-hydrogen) atoms. The van der Waals surface area contributed by atoms with Gasteiger partial charge in [0.15, 0.2) is 0 Å². The van der Waals surface area contributed by atoms with Gasteiger partial charge in [0.05, 0.1) is 0 Å². The van der Waals surface area contributed by atoms with Crippen molar-refractivity contribution in [3.63, 3.8) is 0 Å². The number of rotatable bonds is 3. The van der Waals surface area contributed by atoms with Crippen LogP contribution in [-0.2, 0) is 10.0 Å². The van der Waals surface area contributed by atoms with E-state index in [1.807, 2.05) is 6.92 Å². The van der Waals surface area contributed by atoms with Crippen LogP contribution in [0.3, 0.4) is 0 Å². The van der Waals surface area contributed by atoms with E-state index in [0.29, 0.717) is 5.89 Å². The van der Waals surface area contributed by atoms with Crippen molar-refractivity contribution in [1.29, 1.82) is 0 Å². The van der Waals surface area contributed by atoms with Gasteiger partial charge in [-0.1, -0.05) is 0 Å². The normalized spacial score (nSPS) is 11.7. The molecule has 2 heterocycles. The molecule has 0 aromatic carbocycles. The molecule has 0 aliphatic rings. The molecule has 0 spiro atoms. The molecule has 8 heteroatoms. The molecule has 0 fully saturated rings. The minimum atomic E-state index is -3.63. The summed E-state index contributed by atoms with van der Waals surface area (Å²) in [5.74, 6) is 0.256. The first kappa shape index (κ1) is 12.1. The van der Waals surface area contributed by atoms with Crippen molar-refractivity contribution < 1.29 is 12.9 Å². The van der Waals surface area contributed by atoms with Crippen LogP contribution in [-0.4, -0.2) is 18.6 Å². The van der Waals surface area contributed by atoms with Crippen LogP contribution < -0.4 is 4.72 Å². The number of aromatic nitrogens is 2. The zero-order valence-electron chi connectivity index (χ0n) is 9.51. The molecule has 0 radical (unpaired) electrons. The lowest BCUT2D eigenvalue weighted by Crippen LogP contribution is -2.14. The Labute approximate surface area is 103 Å². The summed E-state index contributed by atoms with van der Waals surface area (Å²) in [5.41, 5.74) is 0. The molecule has 2 rings (SSSR count). The van der Waals surface area contributed by atoms with Crippen LogP contribution in [0.25, 0.3) is 0 Å². The molecule has 92 valence electrons. The van der Waals surface area contributed by atoms with Crippen LogP contribution in [0.4, 0.5) is 5.95 Å². The summed E-state index contributed by atoms with van der Waals surface area (Å²) < 4.78 is 31.0. The number of anilines is 1. The Bertz CT molecular complexity index is 642. The molecule has 0 unspecified atom stereocenters. The predicted octanol–water partition coefficient (Wildman–Crippen LogP) is 1.86. The number of thiophene rings is 1. The summed E-state index contributed by atoms with van der Waals surface area (Å²) in [4.78, 5) is 5.71. The SMILES string of the molecule is Cc1nc(NS(=O)(=O)c2cc(C)sc2C)no1. The monoisotopic (exact) mass is 273 g/mol. The fourth-order valence-electron chi connectivity index (χ4n) is 1.39. The molecule has 0 saturated heterocycles. The summed E-state index contributed by atoms with van der Waals surface area (Å²) in [6.07, 6.45) is 0. The third-order valence-corrected chi connectivity index (χ3v) is 4.59. The van der Waals surface area contributed by atoms with Gasteiger partial charge in [0, 0.05) is 16.7 Å². The molecule has 0 saturated carbocycles. The average molecular weight is 273 g/mol. The molecule has 2 aromatic rings. The second-order valence-corrected chi connectivity index (χ2v) is 6.63. The van der Waals surface area contributed by atoms with Gasteiger partial charge in [0.1, 0.15) is 4.90 Å². The summed E-state index contributed by atoms with van der Waals surface area (Å²) in [7, 11) is -3.63. The van der Waals surface area contributed by atoms with Crippen molar-refractivity contribution in [2.75, 3.05) is 4.72 Å². The number of nitrogens with zero attached hydrogens (tertiary/aromatic N) is 2. The first-order valence-electron chi connectivity index (χ1n) is 4.78. The van der Waals surface area contributed by atoms with Gasteiger partial charge < -0.3 is 4.52 Å². The second-order valence-electron chi connectivity index (χ2n) is 3.52. The first-order chi connectivity index (χ1) is 7.88. The number of hydrogen-bond donors (Lipinski definition) is 1. The van der Waals surface area contributed by atoms with Gasteiger partial charge in [-0.25, -0.2) is 13.1 Å². The van der Waals surface area contributed by atoms with Gasteiger partial charge in [-0.15, -0.1) is 11.3 Å². The topological polar surface area (TPSA) is 85.1 Å². The summed E-state index contributed by atoms with van der Waals surface area (Å²) >= 11 is 1.43. The van der Waals surface area contributed by atoms with Crippen LogP contribution in [0, 0.1) is 20.8 Å². The zero-order chi connectivity index (χ0) is 12.6. The third-order valence-electron chi connectivity index (χ3n) is 2.04. The van der Waals surface area contributed by atoms with E-state index < -0.39 is 10.0 Å². The highest BCUT2D eigenvalue weighted by Gasteiger charge is 2.21. The highest BCUT2D eigenvalue weighted by atomic mass is 32.2.